The first-order valence-electron chi connectivity index (χ1n) is 5.32. The van der Waals surface area contributed by atoms with Gasteiger partial charge < -0.3 is 5.21 Å². The molecule has 0 aliphatic heterocycles. The Morgan fingerprint density at radius 3 is 2.61 bits per heavy atom. The van der Waals surface area contributed by atoms with Crippen molar-refractivity contribution in [2.24, 2.45) is 5.16 Å². The van der Waals surface area contributed by atoms with Gasteiger partial charge in [-0.2, -0.15) is 0 Å². The minimum absolute atomic E-state index is 0.153. The van der Waals surface area contributed by atoms with Gasteiger partial charge in [-0.1, -0.05) is 52.8 Å². The molecule has 2 aromatic rings. The van der Waals surface area contributed by atoms with Gasteiger partial charge in [0.25, 0.3) is 0 Å². The van der Waals surface area contributed by atoms with Crippen LogP contribution in [0.15, 0.2) is 63.7 Å². The molecular formula is C13H11ClN2OS. The summed E-state index contributed by atoms with van der Waals surface area (Å²) in [6.07, 6.45) is 2.13. The number of pyridine rings is 1. The molecule has 18 heavy (non-hydrogen) atoms. The van der Waals surface area contributed by atoms with Gasteiger partial charge in [0.1, 0.15) is 10.2 Å². The van der Waals surface area contributed by atoms with Crippen molar-refractivity contribution >= 4 is 28.5 Å². The Kier molecular flexibility index (Phi) is 4.61. The number of hydrogen-bond acceptors (Lipinski definition) is 4. The Morgan fingerprint density at radius 1 is 1.22 bits per heavy atom. The van der Waals surface area contributed by atoms with Crippen molar-refractivity contribution in [2.45, 2.75) is 16.3 Å². The zero-order valence-electron chi connectivity index (χ0n) is 9.45. The van der Waals surface area contributed by atoms with Crippen LogP contribution < -0.4 is 0 Å². The SMILES string of the molecule is O/N=C(\Cl)Cc1ccc(Sc2ccccc2)nc1. The normalized spacial score (nSPS) is 11.5. The lowest BCUT2D eigenvalue weighted by atomic mass is 10.2. The summed E-state index contributed by atoms with van der Waals surface area (Å²) in [4.78, 5) is 5.48. The molecule has 0 saturated carbocycles. The number of aromatic nitrogens is 1. The Labute approximate surface area is 115 Å². The van der Waals surface area contributed by atoms with E-state index in [1.54, 1.807) is 18.0 Å². The molecule has 0 radical (unpaired) electrons. The molecule has 5 heteroatoms. The van der Waals surface area contributed by atoms with Crippen LogP contribution in [0.2, 0.25) is 0 Å². The molecule has 0 aliphatic rings. The van der Waals surface area contributed by atoms with E-state index in [2.05, 4.69) is 10.1 Å². The fourth-order valence-electron chi connectivity index (χ4n) is 1.39. The van der Waals surface area contributed by atoms with E-state index in [4.69, 9.17) is 16.8 Å². The molecule has 92 valence electrons. The number of rotatable bonds is 4. The third-order valence-corrected chi connectivity index (χ3v) is 3.39. The van der Waals surface area contributed by atoms with Crippen molar-refractivity contribution in [3.05, 3.63) is 54.2 Å². The van der Waals surface area contributed by atoms with E-state index in [1.807, 2.05) is 42.5 Å². The van der Waals surface area contributed by atoms with Crippen LogP contribution in [-0.4, -0.2) is 15.4 Å². The predicted molar refractivity (Wildman–Crippen MR) is 73.6 cm³/mol. The van der Waals surface area contributed by atoms with E-state index in [1.165, 1.54) is 0 Å². The molecule has 1 heterocycles. The Balaban J connectivity index is 2.04. The number of nitrogens with zero attached hydrogens (tertiary/aromatic N) is 2. The summed E-state index contributed by atoms with van der Waals surface area (Å²) in [5.41, 5.74) is 0.912. The maximum absolute atomic E-state index is 8.48. The number of benzene rings is 1. The second-order valence-electron chi connectivity index (χ2n) is 3.57. The fraction of sp³-hybridized carbons (Fsp3) is 0.0769. The Bertz CT molecular complexity index is 528. The lowest BCUT2D eigenvalue weighted by Crippen LogP contribution is -1.95. The minimum atomic E-state index is 0.153. The van der Waals surface area contributed by atoms with Crippen LogP contribution in [0.25, 0.3) is 0 Å². The lowest BCUT2D eigenvalue weighted by Gasteiger charge is -2.02. The summed E-state index contributed by atoms with van der Waals surface area (Å²) >= 11 is 7.23. The summed E-state index contributed by atoms with van der Waals surface area (Å²) in [6, 6.07) is 13.9. The van der Waals surface area contributed by atoms with Gasteiger partial charge in [0, 0.05) is 17.5 Å². The highest BCUT2D eigenvalue weighted by Crippen LogP contribution is 2.25. The van der Waals surface area contributed by atoms with E-state index >= 15 is 0 Å². The highest BCUT2D eigenvalue weighted by atomic mass is 35.5. The number of hydrogen-bond donors (Lipinski definition) is 1. The molecule has 0 spiro atoms. The monoisotopic (exact) mass is 278 g/mol. The molecule has 0 atom stereocenters. The van der Waals surface area contributed by atoms with Crippen molar-refractivity contribution in [3.8, 4) is 0 Å². The largest absolute Gasteiger partial charge is 0.410 e. The first-order chi connectivity index (χ1) is 8.78. The van der Waals surface area contributed by atoms with Crippen LogP contribution in [0.5, 0.6) is 0 Å². The molecule has 3 nitrogen and oxygen atoms in total. The van der Waals surface area contributed by atoms with Gasteiger partial charge in [-0.15, -0.1) is 0 Å². The highest BCUT2D eigenvalue weighted by molar-refractivity contribution is 7.99. The van der Waals surface area contributed by atoms with Crippen LogP contribution in [0.3, 0.4) is 0 Å². The maximum atomic E-state index is 8.48. The minimum Gasteiger partial charge on any atom is -0.410 e. The van der Waals surface area contributed by atoms with E-state index in [0.717, 1.165) is 15.5 Å². The Hall–Kier alpha value is -1.52. The van der Waals surface area contributed by atoms with Gasteiger partial charge in [0.2, 0.25) is 0 Å². The number of oxime groups is 1. The molecule has 0 saturated heterocycles. The predicted octanol–water partition coefficient (Wildman–Crippen LogP) is 3.80. The summed E-state index contributed by atoms with van der Waals surface area (Å²) in [5, 5.41) is 12.5. The topological polar surface area (TPSA) is 45.5 Å². The smallest absolute Gasteiger partial charge is 0.149 e. The van der Waals surface area contributed by atoms with Crippen LogP contribution in [0.4, 0.5) is 0 Å². The third kappa shape index (κ3) is 3.75. The molecule has 0 bridgehead atoms. The molecule has 1 aromatic carbocycles. The summed E-state index contributed by atoms with van der Waals surface area (Å²) in [5.74, 6) is 0. The highest BCUT2D eigenvalue weighted by Gasteiger charge is 2.01. The van der Waals surface area contributed by atoms with Crippen LogP contribution in [-0.2, 0) is 6.42 Å². The summed E-state index contributed by atoms with van der Waals surface area (Å²) in [7, 11) is 0. The van der Waals surface area contributed by atoms with Crippen LogP contribution in [0, 0.1) is 0 Å². The maximum Gasteiger partial charge on any atom is 0.149 e. The van der Waals surface area contributed by atoms with Gasteiger partial charge in [0.15, 0.2) is 0 Å². The number of halogens is 1. The molecule has 0 amide bonds. The van der Waals surface area contributed by atoms with E-state index in [0.29, 0.717) is 6.42 Å². The molecule has 1 N–H and O–H groups in total. The Morgan fingerprint density at radius 2 is 2.00 bits per heavy atom. The van der Waals surface area contributed by atoms with E-state index in [9.17, 15) is 0 Å². The first kappa shape index (κ1) is 12.9. The summed E-state index contributed by atoms with van der Waals surface area (Å²) < 4.78 is 0. The van der Waals surface area contributed by atoms with Crippen molar-refractivity contribution < 1.29 is 5.21 Å². The van der Waals surface area contributed by atoms with Crippen LogP contribution in [0.1, 0.15) is 5.56 Å². The lowest BCUT2D eigenvalue weighted by molar-refractivity contribution is 0.319. The van der Waals surface area contributed by atoms with E-state index < -0.39 is 0 Å². The van der Waals surface area contributed by atoms with Crippen molar-refractivity contribution in [1.29, 1.82) is 0 Å². The van der Waals surface area contributed by atoms with Crippen molar-refractivity contribution in [3.63, 3.8) is 0 Å². The van der Waals surface area contributed by atoms with Crippen molar-refractivity contribution in [1.82, 2.24) is 4.98 Å². The molecule has 0 fully saturated rings. The molecule has 1 aromatic heterocycles. The van der Waals surface area contributed by atoms with Gasteiger partial charge in [-0.3, -0.25) is 0 Å². The van der Waals surface area contributed by atoms with Gasteiger partial charge >= 0.3 is 0 Å². The molecular weight excluding hydrogens is 268 g/mol. The standard InChI is InChI=1S/C13H11ClN2OS/c14-12(16-17)8-10-6-7-13(15-9-10)18-11-4-2-1-3-5-11/h1-7,9,17H,8H2/b16-12-. The fourth-order valence-corrected chi connectivity index (χ4v) is 2.32. The molecule has 0 aliphatic carbocycles. The average molecular weight is 279 g/mol. The van der Waals surface area contributed by atoms with Gasteiger partial charge in [0.05, 0.1) is 0 Å². The third-order valence-electron chi connectivity index (χ3n) is 2.22. The summed E-state index contributed by atoms with van der Waals surface area (Å²) in [6.45, 7) is 0. The van der Waals surface area contributed by atoms with Gasteiger partial charge in [-0.05, 0) is 23.8 Å². The zero-order chi connectivity index (χ0) is 12.8. The molecule has 0 unspecified atom stereocenters. The van der Waals surface area contributed by atoms with Gasteiger partial charge in [-0.25, -0.2) is 4.98 Å². The first-order valence-corrected chi connectivity index (χ1v) is 6.51. The van der Waals surface area contributed by atoms with E-state index in [-0.39, 0.29) is 5.17 Å². The zero-order valence-corrected chi connectivity index (χ0v) is 11.0. The quantitative estimate of drug-likeness (QED) is 0.526. The molecule has 2 rings (SSSR count). The average Bonchev–Trinajstić information content (AvgIpc) is 2.42. The second kappa shape index (κ2) is 6.42. The van der Waals surface area contributed by atoms with Crippen molar-refractivity contribution in [2.75, 3.05) is 0 Å². The van der Waals surface area contributed by atoms with Crippen LogP contribution >= 0.6 is 23.4 Å². The second-order valence-corrected chi connectivity index (χ2v) is 5.10.